The molecule has 1 saturated carbocycles. The van der Waals surface area contributed by atoms with Crippen LogP contribution in [0.5, 0.6) is 11.5 Å². The Kier molecular flexibility index (Phi) is 6.28. The molecule has 2 amide bonds. The molecule has 1 aromatic carbocycles. The van der Waals surface area contributed by atoms with E-state index in [0.717, 1.165) is 12.8 Å². The topological polar surface area (TPSA) is 67.9 Å². The van der Waals surface area contributed by atoms with Crippen molar-refractivity contribution >= 4 is 17.5 Å². The van der Waals surface area contributed by atoms with Crippen LogP contribution in [0.2, 0.25) is 0 Å². The fraction of sp³-hybridized carbons (Fsp3) is 0.579. The van der Waals surface area contributed by atoms with Gasteiger partial charge in [-0.2, -0.15) is 0 Å². The van der Waals surface area contributed by atoms with Crippen LogP contribution in [0, 0.1) is 5.41 Å². The Morgan fingerprint density at radius 2 is 1.68 bits per heavy atom. The molecule has 0 heterocycles. The highest BCUT2D eigenvalue weighted by molar-refractivity contribution is 6.13. The maximum atomic E-state index is 12.9. The van der Waals surface area contributed by atoms with Crippen molar-refractivity contribution in [1.29, 1.82) is 0 Å². The van der Waals surface area contributed by atoms with Crippen molar-refractivity contribution in [2.45, 2.75) is 39.5 Å². The SMILES string of the molecule is CCCN(CCC)C(=O)C1(C(=O)Nc2ccc(OC)c(OC)c2)CC1. The molecule has 0 aromatic heterocycles. The number of carbonyl (C=O) groups excluding carboxylic acids is 2. The van der Waals surface area contributed by atoms with Crippen molar-refractivity contribution in [1.82, 2.24) is 4.90 Å². The van der Waals surface area contributed by atoms with E-state index in [9.17, 15) is 9.59 Å². The van der Waals surface area contributed by atoms with Gasteiger partial charge in [0, 0.05) is 24.8 Å². The Morgan fingerprint density at radius 1 is 1.08 bits per heavy atom. The fourth-order valence-electron chi connectivity index (χ4n) is 2.99. The summed E-state index contributed by atoms with van der Waals surface area (Å²) in [5, 5.41) is 2.87. The number of hydrogen-bond acceptors (Lipinski definition) is 4. The molecule has 0 saturated heterocycles. The van der Waals surface area contributed by atoms with Crippen molar-refractivity contribution in [2.24, 2.45) is 5.41 Å². The van der Waals surface area contributed by atoms with Crippen molar-refractivity contribution in [3.63, 3.8) is 0 Å². The van der Waals surface area contributed by atoms with Gasteiger partial charge in [0.2, 0.25) is 11.8 Å². The molecule has 0 radical (unpaired) electrons. The summed E-state index contributed by atoms with van der Waals surface area (Å²) in [7, 11) is 3.10. The van der Waals surface area contributed by atoms with E-state index in [1.165, 1.54) is 0 Å². The second kappa shape index (κ2) is 8.23. The number of rotatable bonds is 9. The van der Waals surface area contributed by atoms with Crippen LogP contribution in [0.1, 0.15) is 39.5 Å². The van der Waals surface area contributed by atoms with Crippen LogP contribution in [0.4, 0.5) is 5.69 Å². The summed E-state index contributed by atoms with van der Waals surface area (Å²) in [6.07, 6.45) is 2.99. The first-order valence-corrected chi connectivity index (χ1v) is 8.85. The van der Waals surface area contributed by atoms with Crippen molar-refractivity contribution in [3.05, 3.63) is 18.2 Å². The largest absolute Gasteiger partial charge is 0.493 e. The lowest BCUT2D eigenvalue weighted by atomic mass is 10.0. The molecular weight excluding hydrogens is 320 g/mol. The van der Waals surface area contributed by atoms with Crippen LogP contribution >= 0.6 is 0 Å². The number of nitrogens with one attached hydrogen (secondary N) is 1. The first kappa shape index (κ1) is 19.1. The predicted molar refractivity (Wildman–Crippen MR) is 97.0 cm³/mol. The Labute approximate surface area is 149 Å². The summed E-state index contributed by atoms with van der Waals surface area (Å²) < 4.78 is 10.5. The van der Waals surface area contributed by atoms with Crippen LogP contribution in [-0.4, -0.2) is 44.0 Å². The van der Waals surface area contributed by atoms with Gasteiger partial charge in [0.25, 0.3) is 0 Å². The first-order valence-electron chi connectivity index (χ1n) is 8.85. The van der Waals surface area contributed by atoms with Crippen molar-refractivity contribution in [2.75, 3.05) is 32.6 Å². The van der Waals surface area contributed by atoms with E-state index in [0.29, 0.717) is 43.1 Å². The summed E-state index contributed by atoms with van der Waals surface area (Å²) >= 11 is 0. The van der Waals surface area contributed by atoms with Gasteiger partial charge in [0.1, 0.15) is 5.41 Å². The molecule has 1 N–H and O–H groups in total. The van der Waals surface area contributed by atoms with Gasteiger partial charge < -0.3 is 19.7 Å². The number of benzene rings is 1. The van der Waals surface area contributed by atoms with Crippen LogP contribution in [0.15, 0.2) is 18.2 Å². The van der Waals surface area contributed by atoms with E-state index in [2.05, 4.69) is 5.32 Å². The van der Waals surface area contributed by atoms with E-state index in [-0.39, 0.29) is 11.8 Å². The third-order valence-electron chi connectivity index (χ3n) is 4.51. The zero-order chi connectivity index (χ0) is 18.4. The van der Waals surface area contributed by atoms with Gasteiger partial charge >= 0.3 is 0 Å². The Balaban J connectivity index is 2.13. The van der Waals surface area contributed by atoms with Crippen molar-refractivity contribution < 1.29 is 19.1 Å². The molecule has 0 aliphatic heterocycles. The predicted octanol–water partition coefficient (Wildman–Crippen LogP) is 3.07. The number of hydrogen-bond donors (Lipinski definition) is 1. The Morgan fingerprint density at radius 3 is 2.16 bits per heavy atom. The number of amides is 2. The van der Waals surface area contributed by atoms with Crippen LogP contribution in [0.25, 0.3) is 0 Å². The minimum Gasteiger partial charge on any atom is -0.493 e. The molecule has 0 unspecified atom stereocenters. The summed E-state index contributed by atoms with van der Waals surface area (Å²) in [4.78, 5) is 27.5. The van der Waals surface area contributed by atoms with Gasteiger partial charge in [0.05, 0.1) is 14.2 Å². The average Bonchev–Trinajstić information content (AvgIpc) is 3.42. The van der Waals surface area contributed by atoms with Crippen LogP contribution in [-0.2, 0) is 9.59 Å². The van der Waals surface area contributed by atoms with E-state index in [1.807, 2.05) is 18.7 Å². The maximum absolute atomic E-state index is 12.9. The zero-order valence-corrected chi connectivity index (χ0v) is 15.6. The van der Waals surface area contributed by atoms with Gasteiger partial charge in [-0.05, 0) is 37.8 Å². The molecule has 0 bridgehead atoms. The third-order valence-corrected chi connectivity index (χ3v) is 4.51. The molecule has 25 heavy (non-hydrogen) atoms. The second-order valence-corrected chi connectivity index (χ2v) is 6.40. The third kappa shape index (κ3) is 4.06. The maximum Gasteiger partial charge on any atom is 0.240 e. The van der Waals surface area contributed by atoms with Gasteiger partial charge in [-0.1, -0.05) is 13.8 Å². The van der Waals surface area contributed by atoms with Crippen molar-refractivity contribution in [3.8, 4) is 11.5 Å². The van der Waals surface area contributed by atoms with E-state index in [1.54, 1.807) is 32.4 Å². The molecule has 1 aromatic rings. The summed E-state index contributed by atoms with van der Waals surface area (Å²) in [6.45, 7) is 5.47. The average molecular weight is 348 g/mol. The summed E-state index contributed by atoms with van der Waals surface area (Å²) in [6, 6.07) is 5.18. The second-order valence-electron chi connectivity index (χ2n) is 6.40. The Bertz CT molecular complexity index is 620. The summed E-state index contributed by atoms with van der Waals surface area (Å²) in [5.41, 5.74) is -0.309. The number of nitrogens with zero attached hydrogens (tertiary/aromatic N) is 1. The van der Waals surface area contributed by atoms with Crippen LogP contribution < -0.4 is 14.8 Å². The molecule has 138 valence electrons. The number of methoxy groups -OCH3 is 2. The lowest BCUT2D eigenvalue weighted by Crippen LogP contribution is -2.43. The highest BCUT2D eigenvalue weighted by Crippen LogP contribution is 2.48. The molecule has 0 spiro atoms. The molecule has 1 fully saturated rings. The molecule has 0 atom stereocenters. The highest BCUT2D eigenvalue weighted by Gasteiger charge is 2.57. The summed E-state index contributed by atoms with van der Waals surface area (Å²) in [5.74, 6) is 0.848. The van der Waals surface area contributed by atoms with E-state index < -0.39 is 5.41 Å². The van der Waals surface area contributed by atoms with E-state index in [4.69, 9.17) is 9.47 Å². The number of ether oxygens (including phenoxy) is 2. The zero-order valence-electron chi connectivity index (χ0n) is 15.6. The van der Waals surface area contributed by atoms with Gasteiger partial charge in [0.15, 0.2) is 11.5 Å². The molecule has 2 rings (SSSR count). The van der Waals surface area contributed by atoms with Gasteiger partial charge in [-0.3, -0.25) is 9.59 Å². The number of carbonyl (C=O) groups is 2. The minimum absolute atomic E-state index is 0.0471. The molecular formula is C19H28N2O4. The standard InChI is InChI=1S/C19H28N2O4/c1-5-11-21(12-6-2)18(23)19(9-10-19)17(22)20-14-7-8-15(24-3)16(13-14)25-4/h7-8,13H,5-6,9-12H2,1-4H3,(H,20,22). The fourth-order valence-corrected chi connectivity index (χ4v) is 2.99. The number of anilines is 1. The minimum atomic E-state index is -0.905. The van der Waals surface area contributed by atoms with E-state index >= 15 is 0 Å². The Hall–Kier alpha value is -2.24. The molecule has 6 heteroatoms. The molecule has 1 aliphatic rings. The van der Waals surface area contributed by atoms with Gasteiger partial charge in [-0.15, -0.1) is 0 Å². The van der Waals surface area contributed by atoms with Gasteiger partial charge in [-0.25, -0.2) is 0 Å². The normalized spacial score (nSPS) is 14.6. The lowest BCUT2D eigenvalue weighted by Gasteiger charge is -2.26. The first-order chi connectivity index (χ1) is 12.0. The van der Waals surface area contributed by atoms with Crippen LogP contribution in [0.3, 0.4) is 0 Å². The monoisotopic (exact) mass is 348 g/mol. The molecule has 1 aliphatic carbocycles. The quantitative estimate of drug-likeness (QED) is 0.697. The lowest BCUT2D eigenvalue weighted by molar-refractivity contribution is -0.142. The smallest absolute Gasteiger partial charge is 0.240 e. The highest BCUT2D eigenvalue weighted by atomic mass is 16.5. The molecule has 6 nitrogen and oxygen atoms in total.